The zero-order valence-corrected chi connectivity index (χ0v) is 8.09. The van der Waals surface area contributed by atoms with E-state index in [1.807, 2.05) is 39.1 Å². The predicted molar refractivity (Wildman–Crippen MR) is 56.2 cm³/mol. The van der Waals surface area contributed by atoms with Gasteiger partial charge < -0.3 is 4.98 Å². The largest absolute Gasteiger partial charge is 0.361 e. The molecule has 0 bridgehead atoms. The van der Waals surface area contributed by atoms with Crippen LogP contribution in [0.15, 0.2) is 24.9 Å². The van der Waals surface area contributed by atoms with Gasteiger partial charge in [0.05, 0.1) is 0 Å². The summed E-state index contributed by atoms with van der Waals surface area (Å²) in [6.45, 7) is 9.64. The summed E-state index contributed by atoms with van der Waals surface area (Å²) in [4.78, 5) is 3.10. The molecule has 1 N–H and O–H groups in total. The van der Waals surface area contributed by atoms with E-state index in [2.05, 4.69) is 17.6 Å². The number of hydrogen-bond acceptors (Lipinski definition) is 0. The maximum Gasteiger partial charge on any atom is 0.0450 e. The second-order valence-corrected chi connectivity index (χ2v) is 2.04. The summed E-state index contributed by atoms with van der Waals surface area (Å²) in [7, 11) is 0. The summed E-state index contributed by atoms with van der Waals surface area (Å²) >= 11 is 0. The van der Waals surface area contributed by atoms with Crippen molar-refractivity contribution < 1.29 is 0 Å². The van der Waals surface area contributed by atoms with Gasteiger partial charge in [-0.15, -0.1) is 0 Å². The maximum absolute atomic E-state index is 3.62. The minimum atomic E-state index is 1.12. The van der Waals surface area contributed by atoms with Crippen molar-refractivity contribution in [2.24, 2.45) is 0 Å². The number of aromatic nitrogens is 1. The fraction of sp³-hybridized carbons (Fsp3) is 0.273. The normalized spacial score (nSPS) is 12.2. The van der Waals surface area contributed by atoms with Crippen LogP contribution < -0.4 is 10.6 Å². The molecule has 0 radical (unpaired) electrons. The number of H-pyrrole nitrogens is 1. The molecule has 0 saturated heterocycles. The molecule has 12 heavy (non-hydrogen) atoms. The summed E-state index contributed by atoms with van der Waals surface area (Å²) in [6.07, 6.45) is 7.71. The smallest absolute Gasteiger partial charge is 0.0450 e. The summed E-state index contributed by atoms with van der Waals surface area (Å²) in [5.74, 6) is 0. The summed E-state index contributed by atoms with van der Waals surface area (Å²) in [5, 5.41) is 2.34. The van der Waals surface area contributed by atoms with Crippen molar-refractivity contribution in [3.63, 3.8) is 0 Å². The Morgan fingerprint density at radius 1 is 1.42 bits per heavy atom. The van der Waals surface area contributed by atoms with Crippen LogP contribution in [0.1, 0.15) is 20.8 Å². The lowest BCUT2D eigenvalue weighted by Crippen LogP contribution is -2.20. The van der Waals surface area contributed by atoms with Crippen LogP contribution in [0, 0.1) is 0 Å². The average molecular weight is 163 g/mol. The van der Waals surface area contributed by atoms with Crippen LogP contribution in [0.5, 0.6) is 0 Å². The van der Waals surface area contributed by atoms with Crippen molar-refractivity contribution >= 4 is 12.2 Å². The Bertz CT molecular complexity index is 317. The lowest BCUT2D eigenvalue weighted by Gasteiger charge is -1.74. The standard InChI is InChI=1S/C9H11N.C2H6/c1-3-5-9-8(4-2)6-7-10-9;1-2/h3-7,10H,1H2,2H3;1-2H3/b8-4-,9-5+;. The van der Waals surface area contributed by atoms with E-state index in [1.54, 1.807) is 6.08 Å². The van der Waals surface area contributed by atoms with Gasteiger partial charge in [0.1, 0.15) is 0 Å². The van der Waals surface area contributed by atoms with Crippen LogP contribution in [0.2, 0.25) is 0 Å². The molecule has 0 saturated carbocycles. The van der Waals surface area contributed by atoms with Gasteiger partial charge in [0.2, 0.25) is 0 Å². The van der Waals surface area contributed by atoms with E-state index in [0.717, 1.165) is 5.35 Å². The molecule has 1 nitrogen and oxygen atoms in total. The van der Waals surface area contributed by atoms with Gasteiger partial charge in [0, 0.05) is 11.5 Å². The lowest BCUT2D eigenvalue weighted by molar-refractivity contribution is 1.32. The molecule has 0 aliphatic rings. The molecule has 0 unspecified atom stereocenters. The molecule has 66 valence electrons. The average Bonchev–Trinajstić information content (AvgIpc) is 2.56. The van der Waals surface area contributed by atoms with E-state index in [9.17, 15) is 0 Å². The first kappa shape index (κ1) is 10.8. The Labute approximate surface area is 74.1 Å². The number of nitrogens with one attached hydrogen (secondary N) is 1. The summed E-state index contributed by atoms with van der Waals surface area (Å²) < 4.78 is 0. The van der Waals surface area contributed by atoms with Crippen LogP contribution >= 0.6 is 0 Å². The molecule has 1 aromatic rings. The van der Waals surface area contributed by atoms with E-state index in [1.165, 1.54) is 5.22 Å². The van der Waals surface area contributed by atoms with Crippen LogP contribution in [-0.4, -0.2) is 4.98 Å². The van der Waals surface area contributed by atoms with Crippen LogP contribution in [-0.2, 0) is 0 Å². The van der Waals surface area contributed by atoms with Crippen molar-refractivity contribution in [2.75, 3.05) is 0 Å². The number of aromatic amines is 1. The second-order valence-electron chi connectivity index (χ2n) is 2.04. The highest BCUT2D eigenvalue weighted by molar-refractivity contribution is 5.35. The highest BCUT2D eigenvalue weighted by Gasteiger charge is 1.79. The first-order valence-electron chi connectivity index (χ1n) is 4.31. The molecule has 0 aliphatic carbocycles. The van der Waals surface area contributed by atoms with Gasteiger partial charge in [-0.25, -0.2) is 0 Å². The van der Waals surface area contributed by atoms with Crippen LogP contribution in [0.3, 0.4) is 0 Å². The van der Waals surface area contributed by atoms with E-state index in [-0.39, 0.29) is 0 Å². The van der Waals surface area contributed by atoms with E-state index >= 15 is 0 Å². The van der Waals surface area contributed by atoms with Gasteiger partial charge in [-0.1, -0.05) is 32.6 Å². The van der Waals surface area contributed by atoms with Gasteiger partial charge >= 0.3 is 0 Å². The van der Waals surface area contributed by atoms with Crippen molar-refractivity contribution in [2.45, 2.75) is 20.8 Å². The molecule has 1 aromatic heterocycles. The first-order valence-corrected chi connectivity index (χ1v) is 4.31. The van der Waals surface area contributed by atoms with Crippen molar-refractivity contribution in [1.82, 2.24) is 4.98 Å². The van der Waals surface area contributed by atoms with Crippen molar-refractivity contribution in [3.8, 4) is 0 Å². The third-order valence-electron chi connectivity index (χ3n) is 1.41. The molecule has 1 heterocycles. The minimum Gasteiger partial charge on any atom is -0.361 e. The number of allylic oxidation sites excluding steroid dienone is 1. The Morgan fingerprint density at radius 3 is 2.58 bits per heavy atom. The van der Waals surface area contributed by atoms with Crippen molar-refractivity contribution in [1.29, 1.82) is 0 Å². The predicted octanol–water partition coefficient (Wildman–Crippen LogP) is 1.81. The highest BCUT2D eigenvalue weighted by atomic mass is 14.6. The maximum atomic E-state index is 3.62. The fourth-order valence-corrected chi connectivity index (χ4v) is 0.908. The highest BCUT2D eigenvalue weighted by Crippen LogP contribution is 1.66. The molecular formula is C11H17N. The summed E-state index contributed by atoms with van der Waals surface area (Å²) in [5.41, 5.74) is 0. The van der Waals surface area contributed by atoms with Gasteiger partial charge in [-0.3, -0.25) is 0 Å². The molecule has 0 aliphatic heterocycles. The van der Waals surface area contributed by atoms with Crippen molar-refractivity contribution in [3.05, 3.63) is 35.5 Å². The zero-order chi connectivity index (χ0) is 9.40. The second kappa shape index (κ2) is 6.47. The fourth-order valence-electron chi connectivity index (χ4n) is 0.908. The molecule has 0 fully saturated rings. The molecule has 0 aromatic carbocycles. The SMILES string of the molecule is C=C/C=c1/[nH]cc/c1=C/C.CC. The van der Waals surface area contributed by atoms with Gasteiger partial charge in [0.25, 0.3) is 0 Å². The third kappa shape index (κ3) is 2.79. The third-order valence-corrected chi connectivity index (χ3v) is 1.41. The van der Waals surface area contributed by atoms with E-state index < -0.39 is 0 Å². The Balaban J connectivity index is 0.000000561. The molecular weight excluding hydrogens is 146 g/mol. The molecule has 1 heteroatoms. The first-order chi connectivity index (χ1) is 5.88. The number of rotatable bonds is 1. The number of hydrogen-bond donors (Lipinski definition) is 1. The zero-order valence-electron chi connectivity index (χ0n) is 8.09. The Kier molecular flexibility index (Phi) is 5.80. The molecule has 0 atom stereocenters. The van der Waals surface area contributed by atoms with Gasteiger partial charge in [0.15, 0.2) is 0 Å². The van der Waals surface area contributed by atoms with Gasteiger partial charge in [-0.05, 0) is 24.3 Å². The molecule has 0 amide bonds. The van der Waals surface area contributed by atoms with Crippen LogP contribution in [0.25, 0.3) is 12.2 Å². The Morgan fingerprint density at radius 2 is 2.08 bits per heavy atom. The minimum absolute atomic E-state index is 1.12. The van der Waals surface area contributed by atoms with Gasteiger partial charge in [-0.2, -0.15) is 0 Å². The topological polar surface area (TPSA) is 15.8 Å². The van der Waals surface area contributed by atoms with E-state index in [4.69, 9.17) is 0 Å². The quantitative estimate of drug-likeness (QED) is 0.650. The molecule has 1 rings (SSSR count). The lowest BCUT2D eigenvalue weighted by atomic mass is 10.4. The Hall–Kier alpha value is -1.24. The van der Waals surface area contributed by atoms with Crippen LogP contribution in [0.4, 0.5) is 0 Å². The monoisotopic (exact) mass is 163 g/mol. The van der Waals surface area contributed by atoms with E-state index in [0.29, 0.717) is 0 Å². The molecule has 0 spiro atoms. The summed E-state index contributed by atoms with van der Waals surface area (Å²) in [6, 6.07) is 2.04.